The molecule has 10 nitrogen and oxygen atoms in total. The highest BCUT2D eigenvalue weighted by atomic mass is 32.2. The van der Waals surface area contributed by atoms with Crippen LogP contribution in [0.3, 0.4) is 0 Å². The van der Waals surface area contributed by atoms with Gasteiger partial charge in [0.1, 0.15) is 0 Å². The van der Waals surface area contributed by atoms with Crippen molar-refractivity contribution < 1.29 is 4.52 Å². The summed E-state index contributed by atoms with van der Waals surface area (Å²) >= 11 is 2.70. The van der Waals surface area contributed by atoms with Gasteiger partial charge in [-0.2, -0.15) is 30.5 Å². The molecule has 0 aliphatic carbocycles. The number of hydrogen-bond donors (Lipinski definition) is 4. The Hall–Kier alpha value is -2.08. The summed E-state index contributed by atoms with van der Waals surface area (Å²) in [7, 11) is 0. The van der Waals surface area contributed by atoms with Gasteiger partial charge in [-0.05, 0) is 0 Å². The first kappa shape index (κ1) is 14.3. The normalized spacial score (nSPS) is 10.4. The van der Waals surface area contributed by atoms with Crippen molar-refractivity contribution in [2.45, 2.75) is 5.75 Å². The first-order valence-electron chi connectivity index (χ1n) is 5.47. The van der Waals surface area contributed by atoms with Crippen LogP contribution >= 0.6 is 23.5 Å². The minimum Gasteiger partial charge on any atom is -0.380 e. The highest BCUT2D eigenvalue weighted by molar-refractivity contribution is 7.98. The second-order valence-electron chi connectivity index (χ2n) is 3.51. The summed E-state index contributed by atoms with van der Waals surface area (Å²) in [6, 6.07) is 0.0556. The number of nitrogens with two attached hydrogens (primary N) is 3. The van der Waals surface area contributed by atoms with E-state index >= 15 is 0 Å². The Morgan fingerprint density at radius 1 is 1.40 bits per heavy atom. The van der Waals surface area contributed by atoms with E-state index < -0.39 is 0 Å². The lowest BCUT2D eigenvalue weighted by atomic mass is 10.6. The van der Waals surface area contributed by atoms with E-state index in [-0.39, 0.29) is 12.0 Å². The Morgan fingerprint density at radius 3 is 2.95 bits per heavy atom. The third-order valence-electron chi connectivity index (χ3n) is 1.97. The number of thioether (sulfide) groups is 1. The van der Waals surface area contributed by atoms with Crippen LogP contribution in [0, 0.1) is 0 Å². The van der Waals surface area contributed by atoms with Gasteiger partial charge in [0.2, 0.25) is 0 Å². The van der Waals surface area contributed by atoms with Crippen LogP contribution in [0.2, 0.25) is 0 Å². The molecular weight excluding hydrogens is 302 g/mol. The minimum atomic E-state index is -0.119. The lowest BCUT2D eigenvalue weighted by Gasteiger charge is -2.01. The Balaban J connectivity index is 1.67. The average Bonchev–Trinajstić information content (AvgIpc) is 2.98. The SMILES string of the molecule is NC(N)=Nc1nc(CSCCNc2nsnc2N)no1. The van der Waals surface area contributed by atoms with E-state index in [0.29, 0.717) is 29.8 Å². The molecule has 7 N–H and O–H groups in total. The summed E-state index contributed by atoms with van der Waals surface area (Å²) in [5, 5.41) is 6.83. The molecule has 0 spiro atoms. The smallest absolute Gasteiger partial charge is 0.350 e. The molecule has 0 saturated heterocycles. The lowest BCUT2D eigenvalue weighted by Crippen LogP contribution is -2.21. The van der Waals surface area contributed by atoms with Gasteiger partial charge in [0.25, 0.3) is 0 Å². The molecule has 2 rings (SSSR count). The van der Waals surface area contributed by atoms with Gasteiger partial charge in [-0.1, -0.05) is 5.16 Å². The zero-order chi connectivity index (χ0) is 14.4. The van der Waals surface area contributed by atoms with Crippen molar-refractivity contribution in [3.05, 3.63) is 5.82 Å². The predicted molar refractivity (Wildman–Crippen MR) is 78.7 cm³/mol. The average molecular weight is 315 g/mol. The van der Waals surface area contributed by atoms with Crippen molar-refractivity contribution in [3.63, 3.8) is 0 Å². The van der Waals surface area contributed by atoms with Gasteiger partial charge in [0, 0.05) is 12.3 Å². The summed E-state index contributed by atoms with van der Waals surface area (Å²) in [5.74, 6) is 2.86. The van der Waals surface area contributed by atoms with Gasteiger partial charge >= 0.3 is 6.01 Å². The number of nitrogen functional groups attached to an aromatic ring is 1. The second kappa shape index (κ2) is 6.91. The van der Waals surface area contributed by atoms with Gasteiger partial charge in [-0.3, -0.25) is 0 Å². The van der Waals surface area contributed by atoms with E-state index in [2.05, 4.69) is 29.2 Å². The molecule has 20 heavy (non-hydrogen) atoms. The van der Waals surface area contributed by atoms with E-state index in [1.165, 1.54) is 0 Å². The summed E-state index contributed by atoms with van der Waals surface area (Å²) in [5.41, 5.74) is 16.0. The highest BCUT2D eigenvalue weighted by Crippen LogP contribution is 2.15. The van der Waals surface area contributed by atoms with Crippen LogP contribution in [0.25, 0.3) is 0 Å². The van der Waals surface area contributed by atoms with Gasteiger partial charge in [-0.25, -0.2) is 0 Å². The van der Waals surface area contributed by atoms with E-state index in [9.17, 15) is 0 Å². The number of aliphatic imine (C=N–C) groups is 1. The molecule has 0 radical (unpaired) electrons. The van der Waals surface area contributed by atoms with E-state index in [0.717, 1.165) is 17.5 Å². The molecule has 2 heterocycles. The van der Waals surface area contributed by atoms with Crippen molar-refractivity contribution in [2.75, 3.05) is 23.3 Å². The molecule has 2 aromatic rings. The predicted octanol–water partition coefficient (Wildman–Crippen LogP) is -0.247. The summed E-state index contributed by atoms with van der Waals surface area (Å²) in [4.78, 5) is 7.66. The van der Waals surface area contributed by atoms with Crippen molar-refractivity contribution >= 4 is 47.1 Å². The lowest BCUT2D eigenvalue weighted by molar-refractivity contribution is 0.423. The van der Waals surface area contributed by atoms with Gasteiger partial charge in [-0.15, -0.1) is 0 Å². The number of aromatic nitrogens is 4. The molecule has 0 amide bonds. The number of rotatable bonds is 7. The quantitative estimate of drug-likeness (QED) is 0.304. The van der Waals surface area contributed by atoms with Crippen molar-refractivity contribution in [2.24, 2.45) is 16.5 Å². The number of guanidine groups is 1. The van der Waals surface area contributed by atoms with Crippen LogP contribution in [0.4, 0.5) is 17.7 Å². The van der Waals surface area contributed by atoms with Crippen LogP contribution in [-0.4, -0.2) is 37.1 Å². The first-order valence-corrected chi connectivity index (χ1v) is 7.35. The molecule has 0 aromatic carbocycles. The van der Waals surface area contributed by atoms with E-state index in [1.54, 1.807) is 11.8 Å². The topological polar surface area (TPSA) is 167 Å². The molecular formula is C8H13N9OS2. The van der Waals surface area contributed by atoms with E-state index in [4.69, 9.17) is 21.7 Å². The third kappa shape index (κ3) is 4.24. The van der Waals surface area contributed by atoms with Crippen molar-refractivity contribution in [3.8, 4) is 0 Å². The van der Waals surface area contributed by atoms with Crippen LogP contribution in [0.5, 0.6) is 0 Å². The number of hydrogen-bond acceptors (Lipinski definition) is 10. The third-order valence-corrected chi connectivity index (χ3v) is 3.46. The largest absolute Gasteiger partial charge is 0.380 e. The molecule has 0 atom stereocenters. The Bertz CT molecular complexity index is 576. The molecule has 0 fully saturated rings. The fourth-order valence-electron chi connectivity index (χ4n) is 1.18. The van der Waals surface area contributed by atoms with Crippen LogP contribution in [0.15, 0.2) is 9.52 Å². The fraction of sp³-hybridized carbons (Fsp3) is 0.375. The van der Waals surface area contributed by atoms with Crippen molar-refractivity contribution in [1.29, 1.82) is 0 Å². The van der Waals surface area contributed by atoms with Gasteiger partial charge in [0.15, 0.2) is 23.4 Å². The molecule has 0 aliphatic rings. The Kier molecular flexibility index (Phi) is 4.95. The molecule has 0 aliphatic heterocycles. The maximum atomic E-state index is 5.59. The molecule has 2 aromatic heterocycles. The zero-order valence-corrected chi connectivity index (χ0v) is 11.9. The van der Waals surface area contributed by atoms with E-state index in [1.807, 2.05) is 0 Å². The number of nitrogens with zero attached hydrogens (tertiary/aromatic N) is 5. The van der Waals surface area contributed by atoms with Crippen LogP contribution < -0.4 is 22.5 Å². The Morgan fingerprint density at radius 2 is 2.25 bits per heavy atom. The fourth-order valence-corrected chi connectivity index (χ4v) is 2.33. The van der Waals surface area contributed by atoms with Crippen molar-refractivity contribution in [1.82, 2.24) is 18.9 Å². The minimum absolute atomic E-state index is 0.0556. The molecule has 0 bridgehead atoms. The van der Waals surface area contributed by atoms with Crippen LogP contribution in [0.1, 0.15) is 5.82 Å². The molecule has 0 saturated carbocycles. The molecule has 0 unspecified atom stereocenters. The summed E-state index contributed by atoms with van der Waals surface area (Å²) < 4.78 is 12.7. The number of nitrogens with one attached hydrogen (secondary N) is 1. The summed E-state index contributed by atoms with van der Waals surface area (Å²) in [6.07, 6.45) is 0. The Labute approximate surface area is 122 Å². The maximum absolute atomic E-state index is 5.59. The van der Waals surface area contributed by atoms with Crippen LogP contribution in [-0.2, 0) is 5.75 Å². The molecule has 12 heteroatoms. The second-order valence-corrected chi connectivity index (χ2v) is 5.14. The summed E-state index contributed by atoms with van der Waals surface area (Å²) in [6.45, 7) is 0.707. The van der Waals surface area contributed by atoms with Gasteiger partial charge < -0.3 is 27.0 Å². The maximum Gasteiger partial charge on any atom is 0.350 e. The zero-order valence-electron chi connectivity index (χ0n) is 10.3. The first-order chi connectivity index (χ1) is 9.65. The monoisotopic (exact) mass is 315 g/mol. The highest BCUT2D eigenvalue weighted by Gasteiger charge is 2.06. The van der Waals surface area contributed by atoms with Gasteiger partial charge in [0.05, 0.1) is 17.5 Å². The number of anilines is 2. The standard InChI is InChI=1S/C8H13N9OS2/c9-5-6(17-20-16-5)12-1-2-19-3-4-13-8(18-15-4)14-7(10)11/h1-3H2,(H2,9,16)(H,12,17)(H4,10,11,13,14,15). The molecule has 108 valence electrons.